The van der Waals surface area contributed by atoms with Crippen molar-refractivity contribution in [2.45, 2.75) is 6.54 Å². The van der Waals surface area contributed by atoms with Crippen LogP contribution in [0.25, 0.3) is 10.9 Å². The van der Waals surface area contributed by atoms with Crippen LogP contribution in [0.1, 0.15) is 5.56 Å². The summed E-state index contributed by atoms with van der Waals surface area (Å²) in [5.41, 5.74) is 3.56. The molecule has 0 aliphatic carbocycles. The van der Waals surface area contributed by atoms with Gasteiger partial charge >= 0.3 is 0 Å². The Balaban J connectivity index is 1.94. The summed E-state index contributed by atoms with van der Waals surface area (Å²) in [5.74, 6) is 0. The van der Waals surface area contributed by atoms with E-state index in [1.54, 1.807) is 0 Å². The molecule has 0 saturated heterocycles. The van der Waals surface area contributed by atoms with Crippen LogP contribution in [0.15, 0.2) is 66.9 Å². The van der Waals surface area contributed by atoms with Crippen LogP contribution in [-0.4, -0.2) is 12.0 Å². The molecule has 1 aromatic heterocycles. The van der Waals surface area contributed by atoms with E-state index in [9.17, 15) is 0 Å². The lowest BCUT2D eigenvalue weighted by molar-refractivity contribution is 0.927. The summed E-state index contributed by atoms with van der Waals surface area (Å²) in [4.78, 5) is 6.74. The van der Waals surface area contributed by atoms with Crippen molar-refractivity contribution in [2.24, 2.45) is 0 Å². The van der Waals surface area contributed by atoms with Gasteiger partial charge in [-0.1, -0.05) is 42.5 Å². The van der Waals surface area contributed by atoms with Crippen molar-refractivity contribution in [1.29, 1.82) is 0 Å². The number of nitrogens with zero attached hydrogens (tertiary/aromatic N) is 2. The van der Waals surface area contributed by atoms with Crippen molar-refractivity contribution in [3.63, 3.8) is 0 Å². The molecule has 0 aliphatic rings. The third kappa shape index (κ3) is 2.43. The fraction of sp³-hybridized carbons (Fsp3) is 0.118. The molecule has 3 aromatic rings. The first-order chi connectivity index (χ1) is 9.34. The molecule has 0 saturated carbocycles. The summed E-state index contributed by atoms with van der Waals surface area (Å²) in [6.07, 6.45) is 1.86. The van der Waals surface area contributed by atoms with Crippen LogP contribution >= 0.6 is 0 Å². The first kappa shape index (κ1) is 11.7. The van der Waals surface area contributed by atoms with Gasteiger partial charge in [-0.2, -0.15) is 0 Å². The zero-order chi connectivity index (χ0) is 13.1. The number of benzene rings is 2. The number of rotatable bonds is 3. The first-order valence-electron chi connectivity index (χ1n) is 6.43. The maximum absolute atomic E-state index is 4.50. The number of hydrogen-bond acceptors (Lipinski definition) is 2. The highest BCUT2D eigenvalue weighted by atomic mass is 15.1. The second-order valence-electron chi connectivity index (χ2n) is 4.68. The number of fused-ring (bicyclic) bond motifs is 1. The molecule has 2 aromatic carbocycles. The zero-order valence-electron chi connectivity index (χ0n) is 11.0. The summed E-state index contributed by atoms with van der Waals surface area (Å²) < 4.78 is 0. The highest BCUT2D eigenvalue weighted by Gasteiger charge is 2.05. The molecule has 0 N–H and O–H groups in total. The lowest BCUT2D eigenvalue weighted by Gasteiger charge is -2.20. The van der Waals surface area contributed by atoms with Gasteiger partial charge in [-0.25, -0.2) is 0 Å². The topological polar surface area (TPSA) is 16.1 Å². The normalized spacial score (nSPS) is 10.6. The van der Waals surface area contributed by atoms with E-state index in [0.29, 0.717) is 0 Å². The Morgan fingerprint density at radius 1 is 0.895 bits per heavy atom. The molecule has 0 spiro atoms. The third-order valence-corrected chi connectivity index (χ3v) is 3.32. The van der Waals surface area contributed by atoms with E-state index in [2.05, 4.69) is 65.5 Å². The largest absolute Gasteiger partial charge is 0.370 e. The van der Waals surface area contributed by atoms with Gasteiger partial charge in [0.1, 0.15) is 0 Å². The van der Waals surface area contributed by atoms with Gasteiger partial charge in [-0.05, 0) is 23.8 Å². The van der Waals surface area contributed by atoms with E-state index in [0.717, 1.165) is 12.1 Å². The maximum atomic E-state index is 4.50. The van der Waals surface area contributed by atoms with E-state index in [4.69, 9.17) is 0 Å². The van der Waals surface area contributed by atoms with E-state index < -0.39 is 0 Å². The highest BCUT2D eigenvalue weighted by Crippen LogP contribution is 2.20. The smallest absolute Gasteiger partial charge is 0.0751 e. The fourth-order valence-electron chi connectivity index (χ4n) is 2.32. The summed E-state index contributed by atoms with van der Waals surface area (Å²) in [6, 6.07) is 20.8. The minimum atomic E-state index is 0.859. The number of anilines is 1. The molecule has 19 heavy (non-hydrogen) atoms. The van der Waals surface area contributed by atoms with Crippen molar-refractivity contribution < 1.29 is 0 Å². The Hall–Kier alpha value is -2.35. The lowest BCUT2D eigenvalue weighted by Crippen LogP contribution is -2.16. The average Bonchev–Trinajstić information content (AvgIpc) is 2.48. The molecular formula is C17H16N2. The van der Waals surface area contributed by atoms with Crippen molar-refractivity contribution in [1.82, 2.24) is 4.98 Å². The zero-order valence-corrected chi connectivity index (χ0v) is 11.0. The molecule has 0 bridgehead atoms. The standard InChI is InChI=1S/C17H16N2/c1-19(16-10-3-2-4-11-16)13-15-8-5-7-14-9-6-12-18-17(14)15/h2-12H,13H2,1H3. The minimum absolute atomic E-state index is 0.859. The molecule has 2 heteroatoms. The summed E-state index contributed by atoms with van der Waals surface area (Å²) in [5, 5.41) is 1.20. The van der Waals surface area contributed by atoms with Crippen LogP contribution in [0.4, 0.5) is 5.69 Å². The van der Waals surface area contributed by atoms with Crippen LogP contribution in [0.5, 0.6) is 0 Å². The predicted octanol–water partition coefficient (Wildman–Crippen LogP) is 3.87. The molecule has 0 unspecified atom stereocenters. The number of hydrogen-bond donors (Lipinski definition) is 0. The fourth-order valence-corrected chi connectivity index (χ4v) is 2.32. The molecule has 94 valence electrons. The van der Waals surface area contributed by atoms with Gasteiger partial charge in [0.15, 0.2) is 0 Å². The quantitative estimate of drug-likeness (QED) is 0.699. The molecule has 0 atom stereocenters. The molecular weight excluding hydrogens is 232 g/mol. The minimum Gasteiger partial charge on any atom is -0.370 e. The molecule has 2 nitrogen and oxygen atoms in total. The maximum Gasteiger partial charge on any atom is 0.0751 e. The molecule has 0 radical (unpaired) electrons. The Labute approximate surface area is 113 Å². The van der Waals surface area contributed by atoms with Gasteiger partial charge < -0.3 is 4.90 Å². The number of para-hydroxylation sites is 2. The second kappa shape index (κ2) is 5.11. The second-order valence-corrected chi connectivity index (χ2v) is 4.68. The molecule has 0 amide bonds. The summed E-state index contributed by atoms with van der Waals surface area (Å²) in [7, 11) is 2.11. The van der Waals surface area contributed by atoms with Crippen molar-refractivity contribution >= 4 is 16.6 Å². The van der Waals surface area contributed by atoms with Crippen LogP contribution < -0.4 is 4.90 Å². The van der Waals surface area contributed by atoms with Gasteiger partial charge in [-0.15, -0.1) is 0 Å². The Morgan fingerprint density at radius 2 is 1.68 bits per heavy atom. The van der Waals surface area contributed by atoms with Gasteiger partial charge in [0, 0.05) is 30.9 Å². The molecule has 3 rings (SSSR count). The van der Waals surface area contributed by atoms with E-state index >= 15 is 0 Å². The Kier molecular flexibility index (Phi) is 3.15. The highest BCUT2D eigenvalue weighted by molar-refractivity contribution is 5.81. The monoisotopic (exact) mass is 248 g/mol. The van der Waals surface area contributed by atoms with Crippen molar-refractivity contribution in [3.8, 4) is 0 Å². The van der Waals surface area contributed by atoms with E-state index in [-0.39, 0.29) is 0 Å². The number of aromatic nitrogens is 1. The SMILES string of the molecule is CN(Cc1cccc2cccnc12)c1ccccc1. The third-order valence-electron chi connectivity index (χ3n) is 3.32. The van der Waals surface area contributed by atoms with Crippen LogP contribution in [0.2, 0.25) is 0 Å². The van der Waals surface area contributed by atoms with Gasteiger partial charge in [0.2, 0.25) is 0 Å². The van der Waals surface area contributed by atoms with Gasteiger partial charge in [0.25, 0.3) is 0 Å². The van der Waals surface area contributed by atoms with Gasteiger partial charge in [-0.3, -0.25) is 4.98 Å². The summed E-state index contributed by atoms with van der Waals surface area (Å²) in [6.45, 7) is 0.859. The molecule has 0 aliphatic heterocycles. The van der Waals surface area contributed by atoms with E-state index in [1.165, 1.54) is 16.6 Å². The molecule has 0 fully saturated rings. The number of pyridine rings is 1. The summed E-state index contributed by atoms with van der Waals surface area (Å²) >= 11 is 0. The van der Waals surface area contributed by atoms with Crippen LogP contribution in [0.3, 0.4) is 0 Å². The Bertz CT molecular complexity index is 672. The van der Waals surface area contributed by atoms with Crippen molar-refractivity contribution in [2.75, 3.05) is 11.9 Å². The molecule has 1 heterocycles. The van der Waals surface area contributed by atoms with Crippen LogP contribution in [0, 0.1) is 0 Å². The first-order valence-corrected chi connectivity index (χ1v) is 6.43. The Morgan fingerprint density at radius 3 is 2.53 bits per heavy atom. The average molecular weight is 248 g/mol. The van der Waals surface area contributed by atoms with Gasteiger partial charge in [0.05, 0.1) is 5.52 Å². The van der Waals surface area contributed by atoms with Crippen molar-refractivity contribution in [3.05, 3.63) is 72.4 Å². The van der Waals surface area contributed by atoms with Crippen LogP contribution in [-0.2, 0) is 6.54 Å². The predicted molar refractivity (Wildman–Crippen MR) is 80.3 cm³/mol. The lowest BCUT2D eigenvalue weighted by atomic mass is 10.1. The van der Waals surface area contributed by atoms with E-state index in [1.807, 2.05) is 18.3 Å².